The van der Waals surface area contributed by atoms with Crippen LogP contribution in [0.15, 0.2) is 18.2 Å². The minimum absolute atomic E-state index is 0.0734. The highest BCUT2D eigenvalue weighted by Crippen LogP contribution is 2.35. The van der Waals surface area contributed by atoms with Gasteiger partial charge in [0, 0.05) is 25.0 Å². The smallest absolute Gasteiger partial charge is 0.322 e. The number of nitrogens with one attached hydrogen (secondary N) is 3. The number of anilines is 1. The van der Waals surface area contributed by atoms with Crippen molar-refractivity contribution in [1.29, 1.82) is 0 Å². The molecule has 3 atom stereocenters. The number of hydrogen-bond donors (Lipinski definition) is 3. The Balaban J connectivity index is 1.54. The van der Waals surface area contributed by atoms with E-state index < -0.39 is 0 Å². The van der Waals surface area contributed by atoms with Crippen molar-refractivity contribution in [2.75, 3.05) is 18.0 Å². The van der Waals surface area contributed by atoms with Crippen LogP contribution in [-0.4, -0.2) is 31.1 Å². The van der Waals surface area contributed by atoms with Crippen LogP contribution in [0.25, 0.3) is 0 Å². The molecule has 3 unspecified atom stereocenters. The lowest BCUT2D eigenvalue weighted by molar-refractivity contribution is -0.133. The van der Waals surface area contributed by atoms with Gasteiger partial charge in [0.1, 0.15) is 5.82 Å². The average molecular weight is 346 g/mol. The van der Waals surface area contributed by atoms with E-state index in [9.17, 15) is 14.0 Å². The van der Waals surface area contributed by atoms with Gasteiger partial charge in [0.2, 0.25) is 5.91 Å². The molecule has 6 nitrogen and oxygen atoms in total. The number of fused-ring (bicyclic) bond motifs is 1. The fourth-order valence-corrected chi connectivity index (χ4v) is 4.38. The zero-order valence-corrected chi connectivity index (χ0v) is 14.1. The van der Waals surface area contributed by atoms with Gasteiger partial charge >= 0.3 is 6.03 Å². The van der Waals surface area contributed by atoms with Gasteiger partial charge in [-0.3, -0.25) is 15.1 Å². The van der Waals surface area contributed by atoms with E-state index in [1.54, 1.807) is 12.1 Å². The molecule has 0 radical (unpaired) electrons. The number of carbonyl (C=O) groups is 2. The second-order valence-electron chi connectivity index (χ2n) is 7.17. The number of halogens is 1. The molecule has 2 aliphatic heterocycles. The normalized spacial score (nSPS) is 29.2. The number of urea groups is 1. The molecular weight excluding hydrogens is 323 g/mol. The van der Waals surface area contributed by atoms with E-state index in [1.807, 2.05) is 0 Å². The lowest BCUT2D eigenvalue weighted by Gasteiger charge is -2.41. The van der Waals surface area contributed by atoms with E-state index in [0.29, 0.717) is 31.1 Å². The van der Waals surface area contributed by atoms with E-state index in [-0.39, 0.29) is 29.7 Å². The Morgan fingerprint density at radius 3 is 2.84 bits per heavy atom. The molecule has 1 saturated carbocycles. The summed E-state index contributed by atoms with van der Waals surface area (Å²) in [6, 6.07) is 4.83. The maximum atomic E-state index is 14.2. The molecule has 134 valence electrons. The summed E-state index contributed by atoms with van der Waals surface area (Å²) in [7, 11) is 0. The zero-order valence-electron chi connectivity index (χ0n) is 14.1. The van der Waals surface area contributed by atoms with Crippen molar-refractivity contribution in [3.05, 3.63) is 29.6 Å². The summed E-state index contributed by atoms with van der Waals surface area (Å²) in [5.41, 5.74) is 7.24. The fraction of sp³-hybridized carbons (Fsp3) is 0.556. The van der Waals surface area contributed by atoms with Crippen LogP contribution in [-0.2, 0) is 11.2 Å². The predicted octanol–water partition coefficient (Wildman–Crippen LogP) is 1.71. The first-order valence-electron chi connectivity index (χ1n) is 9.02. The number of carbonyl (C=O) groups excluding carboxylic acids is 2. The first-order valence-corrected chi connectivity index (χ1v) is 9.02. The highest BCUT2D eigenvalue weighted by atomic mass is 19.1. The number of hydrogen-bond acceptors (Lipinski definition) is 3. The lowest BCUT2D eigenvalue weighted by Crippen LogP contribution is -2.60. The van der Waals surface area contributed by atoms with E-state index >= 15 is 0 Å². The molecule has 1 aromatic rings. The standard InChI is InChI=1S/C18H23FN4O2/c19-14-6-5-11(10-16(14)23-8-7-20-18(23)25)9-15-12-3-1-2-4-13(12)17(24)22-21-15/h5-6,10,12-13,15,21H,1-4,7-9H2,(H,20,25)(H,22,24). The maximum Gasteiger partial charge on any atom is 0.322 e. The number of amides is 3. The maximum absolute atomic E-state index is 14.2. The van der Waals surface area contributed by atoms with E-state index in [1.165, 1.54) is 11.0 Å². The van der Waals surface area contributed by atoms with Crippen LogP contribution in [0, 0.1) is 17.7 Å². The quantitative estimate of drug-likeness (QED) is 0.780. The largest absolute Gasteiger partial charge is 0.336 e. The molecule has 3 fully saturated rings. The monoisotopic (exact) mass is 346 g/mol. The third kappa shape index (κ3) is 3.08. The van der Waals surface area contributed by atoms with Gasteiger partial charge in [0.05, 0.1) is 5.69 Å². The van der Waals surface area contributed by atoms with Gasteiger partial charge in [-0.05, 0) is 42.9 Å². The van der Waals surface area contributed by atoms with E-state index in [0.717, 1.165) is 31.2 Å². The predicted molar refractivity (Wildman–Crippen MR) is 91.4 cm³/mol. The molecule has 3 aliphatic rings. The molecule has 0 spiro atoms. The van der Waals surface area contributed by atoms with Crippen LogP contribution in [0.4, 0.5) is 14.9 Å². The molecule has 3 amide bonds. The second kappa shape index (κ2) is 6.63. The van der Waals surface area contributed by atoms with Gasteiger partial charge in [-0.1, -0.05) is 18.9 Å². The van der Waals surface area contributed by atoms with Crippen LogP contribution in [0.3, 0.4) is 0 Å². The topological polar surface area (TPSA) is 73.5 Å². The minimum Gasteiger partial charge on any atom is -0.336 e. The van der Waals surface area contributed by atoms with Crippen molar-refractivity contribution in [3.63, 3.8) is 0 Å². The molecular formula is C18H23FN4O2. The van der Waals surface area contributed by atoms with Crippen LogP contribution >= 0.6 is 0 Å². The molecule has 3 N–H and O–H groups in total. The summed E-state index contributed by atoms with van der Waals surface area (Å²) in [4.78, 5) is 25.3. The molecule has 1 aliphatic carbocycles. The van der Waals surface area contributed by atoms with Crippen molar-refractivity contribution in [2.24, 2.45) is 11.8 Å². The summed E-state index contributed by atoms with van der Waals surface area (Å²) in [5, 5.41) is 2.70. The molecule has 2 saturated heterocycles. The molecule has 0 aromatic heterocycles. The van der Waals surface area contributed by atoms with Gasteiger partial charge in [0.15, 0.2) is 0 Å². The van der Waals surface area contributed by atoms with Crippen molar-refractivity contribution in [3.8, 4) is 0 Å². The van der Waals surface area contributed by atoms with Crippen molar-refractivity contribution in [1.82, 2.24) is 16.2 Å². The number of nitrogens with zero attached hydrogens (tertiary/aromatic N) is 1. The fourth-order valence-electron chi connectivity index (χ4n) is 4.38. The lowest BCUT2D eigenvalue weighted by atomic mass is 9.72. The van der Waals surface area contributed by atoms with Gasteiger partial charge in [-0.25, -0.2) is 14.6 Å². The Kier molecular flexibility index (Phi) is 4.33. The first-order chi connectivity index (χ1) is 12.1. The van der Waals surface area contributed by atoms with Crippen LogP contribution in [0.5, 0.6) is 0 Å². The summed E-state index contributed by atoms with van der Waals surface area (Å²) in [6.07, 6.45) is 4.93. The number of benzene rings is 1. The Morgan fingerprint density at radius 2 is 2.04 bits per heavy atom. The van der Waals surface area contributed by atoms with Gasteiger partial charge in [0.25, 0.3) is 0 Å². The van der Waals surface area contributed by atoms with Crippen LogP contribution in [0.1, 0.15) is 31.2 Å². The summed E-state index contributed by atoms with van der Waals surface area (Å²) >= 11 is 0. The SMILES string of the molecule is O=C1NNC(Cc2ccc(F)c(N3CCNC3=O)c2)C2CCCCC12. The minimum atomic E-state index is -0.388. The van der Waals surface area contributed by atoms with Crippen LogP contribution < -0.4 is 21.1 Å². The van der Waals surface area contributed by atoms with Crippen LogP contribution in [0.2, 0.25) is 0 Å². The molecule has 7 heteroatoms. The molecule has 2 heterocycles. The van der Waals surface area contributed by atoms with Crippen molar-refractivity contribution in [2.45, 2.75) is 38.1 Å². The van der Waals surface area contributed by atoms with Gasteiger partial charge in [-0.15, -0.1) is 0 Å². The number of rotatable bonds is 3. The highest BCUT2D eigenvalue weighted by molar-refractivity contribution is 5.94. The summed E-state index contributed by atoms with van der Waals surface area (Å²) in [5.74, 6) is 0.0890. The van der Waals surface area contributed by atoms with Crippen molar-refractivity contribution >= 4 is 17.6 Å². The summed E-state index contributed by atoms with van der Waals surface area (Å²) < 4.78 is 14.2. The average Bonchev–Trinajstić information content (AvgIpc) is 3.05. The Bertz CT molecular complexity index is 696. The summed E-state index contributed by atoms with van der Waals surface area (Å²) in [6.45, 7) is 1.00. The van der Waals surface area contributed by atoms with Crippen molar-refractivity contribution < 1.29 is 14.0 Å². The third-order valence-corrected chi connectivity index (χ3v) is 5.67. The molecule has 0 bridgehead atoms. The molecule has 4 rings (SSSR count). The van der Waals surface area contributed by atoms with Gasteiger partial charge < -0.3 is 5.32 Å². The molecule has 25 heavy (non-hydrogen) atoms. The Labute approximate surface area is 146 Å². The second-order valence-corrected chi connectivity index (χ2v) is 7.17. The van der Waals surface area contributed by atoms with Gasteiger partial charge in [-0.2, -0.15) is 0 Å². The van der Waals surface area contributed by atoms with E-state index in [4.69, 9.17) is 0 Å². The molecule has 1 aromatic carbocycles. The highest BCUT2D eigenvalue weighted by Gasteiger charge is 2.39. The Hall–Kier alpha value is -2.15. The zero-order chi connectivity index (χ0) is 17.4. The van der Waals surface area contributed by atoms with E-state index in [2.05, 4.69) is 16.2 Å². The number of hydrazine groups is 1. The first kappa shape index (κ1) is 16.3. The Morgan fingerprint density at radius 1 is 1.20 bits per heavy atom. The third-order valence-electron chi connectivity index (χ3n) is 5.67.